The quantitative estimate of drug-likeness (QED) is 0.283. The van der Waals surface area contributed by atoms with Crippen molar-refractivity contribution in [2.45, 2.75) is 44.3 Å². The van der Waals surface area contributed by atoms with Gasteiger partial charge in [0.05, 0.1) is 18.0 Å². The fourth-order valence-electron chi connectivity index (χ4n) is 6.20. The summed E-state index contributed by atoms with van der Waals surface area (Å²) < 4.78 is 7.78. The van der Waals surface area contributed by atoms with Gasteiger partial charge >= 0.3 is 0 Å². The van der Waals surface area contributed by atoms with Gasteiger partial charge < -0.3 is 25.8 Å². The molecule has 1 aliphatic heterocycles. The molecule has 1 saturated carbocycles. The summed E-state index contributed by atoms with van der Waals surface area (Å²) in [6, 6.07) is 17.1. The molecule has 1 saturated heterocycles. The number of para-hydroxylation sites is 1. The molecule has 3 heterocycles. The molecule has 6 rings (SSSR count). The Kier molecular flexibility index (Phi) is 8.31. The van der Waals surface area contributed by atoms with E-state index in [1.807, 2.05) is 24.3 Å². The summed E-state index contributed by atoms with van der Waals surface area (Å²) in [6.07, 6.45) is 6.08. The lowest BCUT2D eigenvalue weighted by molar-refractivity contribution is 0.0815. The van der Waals surface area contributed by atoms with Crippen molar-refractivity contribution in [3.05, 3.63) is 60.4 Å². The largest absolute Gasteiger partial charge is 0.491 e. The molecule has 10 nitrogen and oxygen atoms in total. The summed E-state index contributed by atoms with van der Waals surface area (Å²) in [5, 5.41) is 18.5. The van der Waals surface area contributed by atoms with Crippen molar-refractivity contribution in [2.75, 3.05) is 57.5 Å². The predicted octanol–water partition coefficient (Wildman–Crippen LogP) is 3.79. The highest BCUT2D eigenvalue weighted by Crippen LogP contribution is 2.37. The normalized spacial score (nSPS) is 20.3. The molecule has 0 unspecified atom stereocenters. The minimum absolute atomic E-state index is 0.0128. The fourth-order valence-corrected chi connectivity index (χ4v) is 6.20. The molecule has 0 radical (unpaired) electrons. The number of nitrogens with two attached hydrogens (primary N) is 1. The van der Waals surface area contributed by atoms with Crippen LogP contribution in [0.4, 0.5) is 11.5 Å². The average molecular weight is 557 g/mol. The van der Waals surface area contributed by atoms with Crippen molar-refractivity contribution in [1.82, 2.24) is 29.5 Å². The highest BCUT2D eigenvalue weighted by Gasteiger charge is 2.30. The molecule has 41 heavy (non-hydrogen) atoms. The number of aromatic nitrogens is 4. The minimum atomic E-state index is -0.0128. The number of likely N-dealkylation sites (N-methyl/N-ethyl adjacent to an activating group) is 1. The number of nitrogens with zero attached hydrogens (tertiary/aromatic N) is 6. The van der Waals surface area contributed by atoms with Gasteiger partial charge in [-0.3, -0.25) is 4.90 Å². The number of piperazine rings is 1. The monoisotopic (exact) mass is 556 g/mol. The van der Waals surface area contributed by atoms with E-state index in [4.69, 9.17) is 20.7 Å². The van der Waals surface area contributed by atoms with Crippen molar-refractivity contribution in [1.29, 1.82) is 0 Å². The third-order valence-electron chi connectivity index (χ3n) is 8.55. The lowest BCUT2D eigenvalue weighted by atomic mass is 9.90. The van der Waals surface area contributed by atoms with Crippen LogP contribution in [-0.2, 0) is 6.54 Å². The molecule has 0 atom stereocenters. The van der Waals surface area contributed by atoms with Gasteiger partial charge in [0.25, 0.3) is 0 Å². The predicted molar refractivity (Wildman–Crippen MR) is 162 cm³/mol. The van der Waals surface area contributed by atoms with E-state index in [0.717, 1.165) is 65.2 Å². The van der Waals surface area contributed by atoms with E-state index in [2.05, 4.69) is 61.1 Å². The van der Waals surface area contributed by atoms with Crippen molar-refractivity contribution < 1.29 is 9.84 Å². The van der Waals surface area contributed by atoms with Crippen LogP contribution in [0.2, 0.25) is 0 Å². The number of hydrogen-bond acceptors (Lipinski definition) is 9. The first kappa shape index (κ1) is 27.4. The van der Waals surface area contributed by atoms with Crippen molar-refractivity contribution >= 4 is 22.5 Å². The zero-order valence-electron chi connectivity index (χ0n) is 23.7. The number of aliphatic hydroxyl groups is 1. The Hall–Kier alpha value is -3.73. The molecule has 0 bridgehead atoms. The first-order valence-corrected chi connectivity index (χ1v) is 14.7. The average Bonchev–Trinajstić information content (AvgIpc) is 3.41. The van der Waals surface area contributed by atoms with Gasteiger partial charge in [0.15, 0.2) is 5.65 Å². The van der Waals surface area contributed by atoms with E-state index in [1.54, 1.807) is 6.33 Å². The summed E-state index contributed by atoms with van der Waals surface area (Å²) in [5.74, 6) is 1.24. The second-order valence-corrected chi connectivity index (χ2v) is 11.2. The molecule has 4 N–H and O–H groups in total. The lowest BCUT2D eigenvalue weighted by Gasteiger charge is -2.41. The summed E-state index contributed by atoms with van der Waals surface area (Å²) in [5.41, 5.74) is 11.0. The van der Waals surface area contributed by atoms with Crippen LogP contribution < -0.4 is 15.8 Å². The molecule has 0 spiro atoms. The standard InChI is InChI=1S/C31H40N8O2/c1-37-14-16-38(17-15-37)25-10-12-26(13-11-25)39-31-28(30(32)34-21-35-31)29(36-39)22-6-8-24(9-7-22)33-20-23-4-2-3-5-27(23)41-19-18-40/h2-9,21,25-26,33,40H,10-20H2,1H3,(H2,32,34,35). The third-order valence-corrected chi connectivity index (χ3v) is 8.55. The Bertz CT molecular complexity index is 1440. The molecular formula is C31H40N8O2. The van der Waals surface area contributed by atoms with Gasteiger partial charge in [0, 0.05) is 55.6 Å². The maximum Gasteiger partial charge on any atom is 0.164 e. The zero-order chi connectivity index (χ0) is 28.2. The van der Waals surface area contributed by atoms with Gasteiger partial charge in [-0.05, 0) is 50.9 Å². The number of rotatable bonds is 9. The van der Waals surface area contributed by atoms with E-state index in [9.17, 15) is 0 Å². The number of ether oxygens (including phenoxy) is 1. The number of nitrogen functional groups attached to an aromatic ring is 1. The SMILES string of the molecule is CN1CCN(C2CCC(n3nc(-c4ccc(NCc5ccccc5OCCO)cc4)c4c(N)ncnc43)CC2)CC1. The second kappa shape index (κ2) is 12.4. The van der Waals surface area contributed by atoms with Crippen LogP contribution in [0, 0.1) is 0 Å². The first-order chi connectivity index (χ1) is 20.1. The number of anilines is 2. The highest BCUT2D eigenvalue weighted by atomic mass is 16.5. The molecule has 2 aromatic heterocycles. The van der Waals surface area contributed by atoms with Crippen molar-refractivity contribution in [3.63, 3.8) is 0 Å². The van der Waals surface area contributed by atoms with E-state index in [1.165, 1.54) is 25.9 Å². The summed E-state index contributed by atoms with van der Waals surface area (Å²) in [7, 11) is 2.21. The summed E-state index contributed by atoms with van der Waals surface area (Å²) in [6.45, 7) is 5.51. The maximum atomic E-state index is 9.11. The number of nitrogens with one attached hydrogen (secondary N) is 1. The van der Waals surface area contributed by atoms with Crippen LogP contribution in [0.25, 0.3) is 22.3 Å². The van der Waals surface area contributed by atoms with Crippen LogP contribution in [-0.4, -0.2) is 87.1 Å². The van der Waals surface area contributed by atoms with Crippen LogP contribution in [0.5, 0.6) is 5.75 Å². The van der Waals surface area contributed by atoms with Crippen LogP contribution in [0.15, 0.2) is 54.9 Å². The summed E-state index contributed by atoms with van der Waals surface area (Å²) in [4.78, 5) is 14.0. The zero-order valence-corrected chi connectivity index (χ0v) is 23.7. The Morgan fingerprint density at radius 1 is 0.951 bits per heavy atom. The Labute approximate surface area is 241 Å². The third kappa shape index (κ3) is 6.00. The molecule has 2 aliphatic rings. The van der Waals surface area contributed by atoms with E-state index < -0.39 is 0 Å². The minimum Gasteiger partial charge on any atom is -0.491 e. The number of aliphatic hydroxyl groups excluding tert-OH is 1. The van der Waals surface area contributed by atoms with Crippen LogP contribution in [0.1, 0.15) is 37.3 Å². The van der Waals surface area contributed by atoms with Gasteiger partial charge in [0.1, 0.15) is 30.2 Å². The van der Waals surface area contributed by atoms with Gasteiger partial charge in [-0.15, -0.1) is 0 Å². The molecule has 2 aromatic carbocycles. The fraction of sp³-hybridized carbons (Fsp3) is 0.452. The first-order valence-electron chi connectivity index (χ1n) is 14.7. The van der Waals surface area contributed by atoms with E-state index in [0.29, 0.717) is 24.4 Å². The van der Waals surface area contributed by atoms with Gasteiger partial charge in [0.2, 0.25) is 0 Å². The molecule has 10 heteroatoms. The Morgan fingerprint density at radius 2 is 1.68 bits per heavy atom. The second-order valence-electron chi connectivity index (χ2n) is 11.2. The topological polar surface area (TPSA) is 118 Å². The van der Waals surface area contributed by atoms with Crippen LogP contribution in [0.3, 0.4) is 0 Å². The Morgan fingerprint density at radius 3 is 2.44 bits per heavy atom. The molecule has 2 fully saturated rings. The van der Waals surface area contributed by atoms with Gasteiger partial charge in [-0.2, -0.15) is 5.10 Å². The van der Waals surface area contributed by atoms with Crippen LogP contribution >= 0.6 is 0 Å². The molecule has 216 valence electrons. The number of fused-ring (bicyclic) bond motifs is 1. The maximum absolute atomic E-state index is 9.11. The van der Waals surface area contributed by atoms with Gasteiger partial charge in [-0.1, -0.05) is 30.3 Å². The molecule has 4 aromatic rings. The van der Waals surface area contributed by atoms with E-state index in [-0.39, 0.29) is 13.2 Å². The van der Waals surface area contributed by atoms with Gasteiger partial charge in [-0.25, -0.2) is 14.6 Å². The van der Waals surface area contributed by atoms with Crippen molar-refractivity contribution in [3.8, 4) is 17.0 Å². The number of hydrogen-bond donors (Lipinski definition) is 3. The smallest absolute Gasteiger partial charge is 0.164 e. The molecule has 0 amide bonds. The lowest BCUT2D eigenvalue weighted by Crippen LogP contribution is -2.49. The molecule has 1 aliphatic carbocycles. The molecular weight excluding hydrogens is 516 g/mol. The Balaban J connectivity index is 1.17. The number of benzene rings is 2. The van der Waals surface area contributed by atoms with Crippen molar-refractivity contribution in [2.24, 2.45) is 0 Å². The summed E-state index contributed by atoms with van der Waals surface area (Å²) >= 11 is 0. The van der Waals surface area contributed by atoms with E-state index >= 15 is 0 Å². The highest BCUT2D eigenvalue weighted by molar-refractivity contribution is 5.98.